The van der Waals surface area contributed by atoms with E-state index in [9.17, 15) is 5.11 Å². The Bertz CT molecular complexity index is 117. The minimum atomic E-state index is -0.435. The van der Waals surface area contributed by atoms with E-state index in [-0.39, 0.29) is 6.04 Å². The fraction of sp³-hybridized carbons (Fsp3) is 1.00. The zero-order valence-electron chi connectivity index (χ0n) is 8.49. The number of nitrogens with two attached hydrogens (primary N) is 1. The van der Waals surface area contributed by atoms with Crippen molar-refractivity contribution in [3.63, 3.8) is 0 Å². The van der Waals surface area contributed by atoms with Crippen LogP contribution in [0.5, 0.6) is 0 Å². The van der Waals surface area contributed by atoms with Crippen molar-refractivity contribution >= 4 is 0 Å². The molecule has 0 bridgehead atoms. The van der Waals surface area contributed by atoms with Gasteiger partial charge < -0.3 is 10.8 Å². The van der Waals surface area contributed by atoms with Gasteiger partial charge in [0.15, 0.2) is 0 Å². The lowest BCUT2D eigenvalue weighted by atomic mass is 10.2. The number of aliphatic hydroxyl groups excluding tert-OH is 1. The van der Waals surface area contributed by atoms with Crippen LogP contribution in [-0.4, -0.2) is 61.4 Å². The molecule has 0 aliphatic carbocycles. The smallest absolute Gasteiger partial charge is 0.0815 e. The number of likely N-dealkylation sites (N-methyl/N-ethyl adjacent to an activating group) is 1. The topological polar surface area (TPSA) is 52.7 Å². The normalized spacial score (nSPS) is 17.0. The first-order valence-corrected chi connectivity index (χ1v) is 4.20. The number of aliphatic hydroxyl groups is 1. The molecule has 0 aromatic carbocycles. The third-order valence-corrected chi connectivity index (χ3v) is 1.63. The minimum Gasteiger partial charge on any atom is -0.390 e. The van der Waals surface area contributed by atoms with Crippen LogP contribution in [0.25, 0.3) is 0 Å². The summed E-state index contributed by atoms with van der Waals surface area (Å²) in [6.45, 7) is 3.27. The van der Waals surface area contributed by atoms with Gasteiger partial charge in [-0.15, -0.1) is 0 Å². The van der Waals surface area contributed by atoms with E-state index >= 15 is 0 Å². The van der Waals surface area contributed by atoms with Crippen molar-refractivity contribution in [2.24, 2.45) is 5.73 Å². The van der Waals surface area contributed by atoms with Crippen molar-refractivity contribution in [1.29, 1.82) is 0 Å². The summed E-state index contributed by atoms with van der Waals surface area (Å²) in [5.74, 6) is 0. The molecule has 0 radical (unpaired) electrons. The highest BCUT2D eigenvalue weighted by atomic mass is 16.3. The molecule has 0 saturated heterocycles. The van der Waals surface area contributed by atoms with E-state index in [1.54, 1.807) is 0 Å². The predicted molar refractivity (Wildman–Crippen MR) is 50.8 cm³/mol. The van der Waals surface area contributed by atoms with Gasteiger partial charge in [-0.25, -0.2) is 0 Å². The van der Waals surface area contributed by atoms with Gasteiger partial charge in [0.25, 0.3) is 0 Å². The molecule has 0 aliphatic rings. The van der Waals surface area contributed by atoms with Crippen molar-refractivity contribution in [1.82, 2.24) is 9.80 Å². The molecule has 3 N–H and O–H groups in total. The van der Waals surface area contributed by atoms with E-state index in [4.69, 9.17) is 5.73 Å². The van der Waals surface area contributed by atoms with Gasteiger partial charge in [-0.2, -0.15) is 0 Å². The van der Waals surface area contributed by atoms with Gasteiger partial charge in [-0.3, -0.25) is 9.80 Å². The Morgan fingerprint density at radius 1 is 1.33 bits per heavy atom. The average molecular weight is 175 g/mol. The molecule has 1 unspecified atom stereocenters. The molecule has 0 fully saturated rings. The second kappa shape index (κ2) is 5.48. The molecule has 2 atom stereocenters. The highest BCUT2D eigenvalue weighted by molar-refractivity contribution is 4.69. The van der Waals surface area contributed by atoms with Gasteiger partial charge in [-0.05, 0) is 28.1 Å². The quantitative estimate of drug-likeness (QED) is 0.534. The number of rotatable bonds is 5. The molecule has 12 heavy (non-hydrogen) atoms. The van der Waals surface area contributed by atoms with Crippen LogP contribution in [0, 0.1) is 0 Å². The fourth-order valence-corrected chi connectivity index (χ4v) is 1.03. The van der Waals surface area contributed by atoms with Crippen LogP contribution in [0.3, 0.4) is 0 Å². The van der Waals surface area contributed by atoms with Crippen molar-refractivity contribution < 1.29 is 5.11 Å². The molecule has 4 heteroatoms. The third-order valence-electron chi connectivity index (χ3n) is 1.63. The Kier molecular flexibility index (Phi) is 5.41. The van der Waals surface area contributed by atoms with Crippen LogP contribution in [0.4, 0.5) is 0 Å². The molecule has 4 nitrogen and oxygen atoms in total. The monoisotopic (exact) mass is 175 g/mol. The summed E-state index contributed by atoms with van der Waals surface area (Å²) in [5.41, 5.74) is 5.52. The number of nitrogens with zero attached hydrogens (tertiary/aromatic N) is 2. The fourth-order valence-electron chi connectivity index (χ4n) is 1.03. The van der Waals surface area contributed by atoms with Crippen LogP contribution in [-0.2, 0) is 0 Å². The molecule has 0 saturated carbocycles. The lowest BCUT2D eigenvalue weighted by Gasteiger charge is -2.25. The largest absolute Gasteiger partial charge is 0.390 e. The van der Waals surface area contributed by atoms with Gasteiger partial charge in [0.1, 0.15) is 0 Å². The van der Waals surface area contributed by atoms with E-state index in [0.29, 0.717) is 6.54 Å². The molecule has 0 aromatic heterocycles. The van der Waals surface area contributed by atoms with E-state index in [0.717, 1.165) is 6.67 Å². The first-order valence-electron chi connectivity index (χ1n) is 4.20. The lowest BCUT2D eigenvalue weighted by Crippen LogP contribution is -2.43. The number of hydrogen-bond acceptors (Lipinski definition) is 4. The van der Waals surface area contributed by atoms with Crippen LogP contribution in [0.15, 0.2) is 0 Å². The first-order chi connectivity index (χ1) is 5.43. The van der Waals surface area contributed by atoms with Crippen molar-refractivity contribution in [2.75, 3.05) is 34.4 Å². The minimum absolute atomic E-state index is 0.158. The standard InChI is InChI=1S/C8H21N3O/c1-7(9)8(12)5-11(4)6-10(2)3/h7-8,12H,5-6,9H2,1-4H3/t7?,8-/m1/s1. The molecule has 0 rings (SSSR count). The zero-order valence-corrected chi connectivity index (χ0v) is 8.49. The zero-order chi connectivity index (χ0) is 9.72. The summed E-state index contributed by atoms with van der Waals surface area (Å²) < 4.78 is 0. The lowest BCUT2D eigenvalue weighted by molar-refractivity contribution is 0.0874. The maximum absolute atomic E-state index is 9.42. The van der Waals surface area contributed by atoms with E-state index in [1.165, 1.54) is 0 Å². The van der Waals surface area contributed by atoms with E-state index in [2.05, 4.69) is 0 Å². The summed E-state index contributed by atoms with van der Waals surface area (Å²) in [6, 6.07) is -0.158. The second-order valence-corrected chi connectivity index (χ2v) is 3.69. The Balaban J connectivity index is 3.61. The summed E-state index contributed by atoms with van der Waals surface area (Å²) in [7, 11) is 5.95. The highest BCUT2D eigenvalue weighted by Gasteiger charge is 2.12. The van der Waals surface area contributed by atoms with Gasteiger partial charge >= 0.3 is 0 Å². The SMILES string of the molecule is CC(N)[C@H](O)CN(C)CN(C)C. The third kappa shape index (κ3) is 5.49. The maximum Gasteiger partial charge on any atom is 0.0815 e. The van der Waals surface area contributed by atoms with Crippen LogP contribution in [0.2, 0.25) is 0 Å². The summed E-state index contributed by atoms with van der Waals surface area (Å²) in [6.07, 6.45) is -0.435. The summed E-state index contributed by atoms with van der Waals surface area (Å²) in [5, 5.41) is 9.42. The molecule has 0 amide bonds. The van der Waals surface area contributed by atoms with Crippen LogP contribution in [0.1, 0.15) is 6.92 Å². The van der Waals surface area contributed by atoms with E-state index < -0.39 is 6.10 Å². The second-order valence-electron chi connectivity index (χ2n) is 3.69. The Labute approximate surface area is 74.9 Å². The van der Waals surface area contributed by atoms with Gasteiger partial charge in [-0.1, -0.05) is 0 Å². The number of hydrogen-bond donors (Lipinski definition) is 2. The van der Waals surface area contributed by atoms with Crippen molar-refractivity contribution in [3.8, 4) is 0 Å². The maximum atomic E-state index is 9.42. The van der Waals surface area contributed by atoms with Crippen LogP contribution >= 0.6 is 0 Å². The molecular formula is C8H21N3O. The van der Waals surface area contributed by atoms with Crippen molar-refractivity contribution in [2.45, 2.75) is 19.1 Å². The molecule has 0 aromatic rings. The Hall–Kier alpha value is -0.160. The summed E-state index contributed by atoms with van der Waals surface area (Å²) >= 11 is 0. The summed E-state index contributed by atoms with van der Waals surface area (Å²) in [4.78, 5) is 4.09. The van der Waals surface area contributed by atoms with E-state index in [1.807, 2.05) is 37.9 Å². The molecule has 74 valence electrons. The molecular weight excluding hydrogens is 154 g/mol. The molecule has 0 spiro atoms. The predicted octanol–water partition coefficient (Wildman–Crippen LogP) is -0.855. The van der Waals surface area contributed by atoms with Crippen LogP contribution < -0.4 is 5.73 Å². The molecule has 0 heterocycles. The van der Waals surface area contributed by atoms with Gasteiger partial charge in [0.2, 0.25) is 0 Å². The van der Waals surface area contributed by atoms with Gasteiger partial charge in [0, 0.05) is 19.3 Å². The van der Waals surface area contributed by atoms with Gasteiger partial charge in [0.05, 0.1) is 6.10 Å². The first kappa shape index (κ1) is 11.8. The highest BCUT2D eigenvalue weighted by Crippen LogP contribution is 1.93. The Morgan fingerprint density at radius 2 is 1.83 bits per heavy atom. The molecule has 0 aliphatic heterocycles. The average Bonchev–Trinajstić information content (AvgIpc) is 1.84. The Morgan fingerprint density at radius 3 is 2.17 bits per heavy atom. The van der Waals surface area contributed by atoms with Crippen molar-refractivity contribution in [3.05, 3.63) is 0 Å².